The minimum atomic E-state index is -2.84. The second-order valence-corrected chi connectivity index (χ2v) is 4.75. The molecular formula is C12H13F2NS. The van der Waals surface area contributed by atoms with Crippen LogP contribution in [0.4, 0.5) is 8.78 Å². The molecule has 0 aliphatic rings. The van der Waals surface area contributed by atoms with Crippen molar-refractivity contribution in [3.8, 4) is 0 Å². The summed E-state index contributed by atoms with van der Waals surface area (Å²) < 4.78 is 28.9. The van der Waals surface area contributed by atoms with E-state index in [0.717, 1.165) is 10.1 Å². The summed E-state index contributed by atoms with van der Waals surface area (Å²) in [5.74, 6) is -2.84. The van der Waals surface area contributed by atoms with Gasteiger partial charge < -0.3 is 5.32 Å². The molecule has 0 bridgehead atoms. The Labute approximate surface area is 97.1 Å². The topological polar surface area (TPSA) is 12.0 Å². The SMILES string of the molecule is CNC(C)C(F)(F)c1ccc2sccc2c1. The van der Waals surface area contributed by atoms with Gasteiger partial charge >= 0.3 is 0 Å². The zero-order valence-electron chi connectivity index (χ0n) is 9.13. The molecule has 0 amide bonds. The number of thiophene rings is 1. The van der Waals surface area contributed by atoms with Crippen molar-refractivity contribution in [1.82, 2.24) is 5.32 Å². The fourth-order valence-corrected chi connectivity index (χ4v) is 2.38. The maximum Gasteiger partial charge on any atom is 0.287 e. The Morgan fingerprint density at radius 1 is 1.31 bits per heavy atom. The summed E-state index contributed by atoms with van der Waals surface area (Å²) in [6, 6.07) is 5.82. The van der Waals surface area contributed by atoms with Crippen LogP contribution in [0.1, 0.15) is 12.5 Å². The first-order valence-electron chi connectivity index (χ1n) is 5.08. The fraction of sp³-hybridized carbons (Fsp3) is 0.333. The number of halogens is 2. The molecule has 4 heteroatoms. The molecule has 2 aromatic rings. The van der Waals surface area contributed by atoms with Crippen LogP contribution in [-0.4, -0.2) is 13.1 Å². The molecule has 1 nitrogen and oxygen atoms in total. The molecule has 0 saturated heterocycles. The van der Waals surface area contributed by atoms with E-state index in [-0.39, 0.29) is 5.56 Å². The molecule has 2 rings (SSSR count). The molecular weight excluding hydrogens is 228 g/mol. The van der Waals surface area contributed by atoms with Crippen molar-refractivity contribution in [3.63, 3.8) is 0 Å². The van der Waals surface area contributed by atoms with Crippen LogP contribution in [0.25, 0.3) is 10.1 Å². The number of rotatable bonds is 3. The van der Waals surface area contributed by atoms with Crippen LogP contribution in [0, 0.1) is 0 Å². The normalized spacial score (nSPS) is 14.2. The van der Waals surface area contributed by atoms with Crippen LogP contribution in [0.3, 0.4) is 0 Å². The first-order valence-corrected chi connectivity index (χ1v) is 5.96. The van der Waals surface area contributed by atoms with Crippen LogP contribution >= 0.6 is 11.3 Å². The Morgan fingerprint density at radius 3 is 2.75 bits per heavy atom. The highest BCUT2D eigenvalue weighted by atomic mass is 32.1. The number of likely N-dealkylation sites (N-methyl/N-ethyl adjacent to an activating group) is 1. The van der Waals surface area contributed by atoms with Gasteiger partial charge in [0.25, 0.3) is 5.92 Å². The van der Waals surface area contributed by atoms with Gasteiger partial charge in [-0.15, -0.1) is 11.3 Å². The molecule has 1 heterocycles. The molecule has 0 radical (unpaired) electrons. The van der Waals surface area contributed by atoms with Crippen LogP contribution in [0.2, 0.25) is 0 Å². The van der Waals surface area contributed by atoms with Gasteiger partial charge in [-0.05, 0) is 42.9 Å². The van der Waals surface area contributed by atoms with Crippen LogP contribution in [0.15, 0.2) is 29.6 Å². The standard InChI is InChI=1S/C12H13F2NS/c1-8(15-2)12(13,14)10-3-4-11-9(7-10)5-6-16-11/h3-8,15H,1-2H3. The zero-order valence-corrected chi connectivity index (χ0v) is 9.94. The lowest BCUT2D eigenvalue weighted by atomic mass is 10.0. The van der Waals surface area contributed by atoms with Crippen molar-refractivity contribution in [2.45, 2.75) is 18.9 Å². The Hall–Kier alpha value is -1.00. The van der Waals surface area contributed by atoms with E-state index in [4.69, 9.17) is 0 Å². The summed E-state index contributed by atoms with van der Waals surface area (Å²) in [6.07, 6.45) is 0. The van der Waals surface area contributed by atoms with Gasteiger partial charge in [-0.1, -0.05) is 6.07 Å². The van der Waals surface area contributed by atoms with Crippen LogP contribution in [0.5, 0.6) is 0 Å². The molecule has 1 atom stereocenters. The average molecular weight is 241 g/mol. The number of nitrogens with one attached hydrogen (secondary N) is 1. The highest BCUT2D eigenvalue weighted by Crippen LogP contribution is 2.34. The molecule has 0 aliphatic heterocycles. The van der Waals surface area contributed by atoms with Crippen molar-refractivity contribution in [3.05, 3.63) is 35.2 Å². The third-order valence-electron chi connectivity index (χ3n) is 2.81. The molecule has 86 valence electrons. The molecule has 0 spiro atoms. The van der Waals surface area contributed by atoms with Gasteiger partial charge in [0.2, 0.25) is 0 Å². The van der Waals surface area contributed by atoms with Crippen molar-refractivity contribution in [2.24, 2.45) is 0 Å². The molecule has 0 aliphatic carbocycles. The van der Waals surface area contributed by atoms with Crippen LogP contribution < -0.4 is 5.32 Å². The van der Waals surface area contributed by atoms with Gasteiger partial charge in [0.15, 0.2) is 0 Å². The van der Waals surface area contributed by atoms with Crippen LogP contribution in [-0.2, 0) is 5.92 Å². The number of fused-ring (bicyclic) bond motifs is 1. The highest BCUT2D eigenvalue weighted by molar-refractivity contribution is 7.17. The molecule has 1 unspecified atom stereocenters. The van der Waals surface area contributed by atoms with Gasteiger partial charge in [0.1, 0.15) is 0 Å². The summed E-state index contributed by atoms with van der Waals surface area (Å²) in [5.41, 5.74) is 0.0697. The zero-order chi connectivity index (χ0) is 11.8. The predicted octanol–water partition coefficient (Wildman–Crippen LogP) is 3.60. The van der Waals surface area contributed by atoms with E-state index < -0.39 is 12.0 Å². The molecule has 1 N–H and O–H groups in total. The van der Waals surface area contributed by atoms with Gasteiger partial charge in [-0.25, -0.2) is 0 Å². The quantitative estimate of drug-likeness (QED) is 0.865. The largest absolute Gasteiger partial charge is 0.312 e. The van der Waals surface area contributed by atoms with Gasteiger partial charge in [0, 0.05) is 10.3 Å². The number of hydrogen-bond acceptors (Lipinski definition) is 2. The van der Waals surface area contributed by atoms with Gasteiger partial charge in [0.05, 0.1) is 6.04 Å². The Morgan fingerprint density at radius 2 is 2.06 bits per heavy atom. The summed E-state index contributed by atoms with van der Waals surface area (Å²) >= 11 is 1.56. The van der Waals surface area contributed by atoms with Crippen molar-refractivity contribution in [2.75, 3.05) is 7.05 Å². The summed E-state index contributed by atoms with van der Waals surface area (Å²) in [5, 5.41) is 5.39. The van der Waals surface area contributed by atoms with Crippen molar-refractivity contribution in [1.29, 1.82) is 0 Å². The maximum absolute atomic E-state index is 13.9. The van der Waals surface area contributed by atoms with E-state index >= 15 is 0 Å². The second-order valence-electron chi connectivity index (χ2n) is 3.81. The van der Waals surface area contributed by atoms with Gasteiger partial charge in [-0.2, -0.15) is 8.78 Å². The second kappa shape index (κ2) is 4.11. The molecule has 16 heavy (non-hydrogen) atoms. The fourth-order valence-electron chi connectivity index (χ4n) is 1.61. The van der Waals surface area contributed by atoms with E-state index in [1.807, 2.05) is 11.4 Å². The van der Waals surface area contributed by atoms with E-state index in [2.05, 4.69) is 5.32 Å². The molecule has 1 aromatic carbocycles. The minimum Gasteiger partial charge on any atom is -0.312 e. The lowest BCUT2D eigenvalue weighted by molar-refractivity contribution is -0.0352. The first-order chi connectivity index (χ1) is 7.55. The van der Waals surface area contributed by atoms with E-state index in [1.54, 1.807) is 30.5 Å². The monoisotopic (exact) mass is 241 g/mol. The molecule has 0 saturated carbocycles. The van der Waals surface area contributed by atoms with Crippen molar-refractivity contribution >= 4 is 21.4 Å². The maximum atomic E-state index is 13.9. The predicted molar refractivity (Wildman–Crippen MR) is 64.2 cm³/mol. The summed E-state index contributed by atoms with van der Waals surface area (Å²) in [6.45, 7) is 1.48. The average Bonchev–Trinajstić information content (AvgIpc) is 2.74. The number of alkyl halides is 2. The Bertz CT molecular complexity index is 492. The van der Waals surface area contributed by atoms with E-state index in [0.29, 0.717) is 0 Å². The molecule has 1 aromatic heterocycles. The lowest BCUT2D eigenvalue weighted by Crippen LogP contribution is -2.38. The van der Waals surface area contributed by atoms with Crippen molar-refractivity contribution < 1.29 is 8.78 Å². The minimum absolute atomic E-state index is 0.0697. The third-order valence-corrected chi connectivity index (χ3v) is 3.71. The van der Waals surface area contributed by atoms with Gasteiger partial charge in [-0.3, -0.25) is 0 Å². The molecule has 0 fully saturated rings. The smallest absolute Gasteiger partial charge is 0.287 e. The van der Waals surface area contributed by atoms with E-state index in [1.165, 1.54) is 13.0 Å². The Kier molecular flexibility index (Phi) is 2.95. The third kappa shape index (κ3) is 1.83. The number of hydrogen-bond donors (Lipinski definition) is 1. The summed E-state index contributed by atoms with van der Waals surface area (Å²) in [7, 11) is 1.54. The lowest BCUT2D eigenvalue weighted by Gasteiger charge is -2.23. The summed E-state index contributed by atoms with van der Waals surface area (Å²) in [4.78, 5) is 0. The van der Waals surface area contributed by atoms with E-state index in [9.17, 15) is 8.78 Å². The Balaban J connectivity index is 2.45. The first kappa shape index (κ1) is 11.5. The highest BCUT2D eigenvalue weighted by Gasteiger charge is 2.37. The number of benzene rings is 1.